The molecule has 0 saturated heterocycles. The SMILES string of the molecule is CCC(C)Nc1nc(C)cn1C1CCCC1. The van der Waals surface area contributed by atoms with Gasteiger partial charge in [0.2, 0.25) is 5.95 Å². The van der Waals surface area contributed by atoms with Crippen molar-refractivity contribution in [1.29, 1.82) is 0 Å². The Morgan fingerprint density at radius 1 is 1.50 bits per heavy atom. The molecule has 0 aromatic carbocycles. The smallest absolute Gasteiger partial charge is 0.203 e. The van der Waals surface area contributed by atoms with E-state index in [1.54, 1.807) is 0 Å². The van der Waals surface area contributed by atoms with Gasteiger partial charge in [0.05, 0.1) is 5.69 Å². The van der Waals surface area contributed by atoms with Crippen LogP contribution < -0.4 is 5.32 Å². The summed E-state index contributed by atoms with van der Waals surface area (Å²) in [5.41, 5.74) is 1.12. The van der Waals surface area contributed by atoms with E-state index in [0.717, 1.165) is 18.1 Å². The lowest BCUT2D eigenvalue weighted by atomic mass is 10.2. The van der Waals surface area contributed by atoms with E-state index in [4.69, 9.17) is 0 Å². The molecule has 0 amide bonds. The summed E-state index contributed by atoms with van der Waals surface area (Å²) in [5, 5.41) is 3.51. The fraction of sp³-hybridized carbons (Fsp3) is 0.769. The molecule has 1 aromatic heterocycles. The molecule has 1 aliphatic rings. The van der Waals surface area contributed by atoms with Crippen molar-refractivity contribution >= 4 is 5.95 Å². The molecule has 3 heteroatoms. The molecule has 0 bridgehead atoms. The Bertz CT molecular complexity index is 337. The van der Waals surface area contributed by atoms with E-state index in [-0.39, 0.29) is 0 Å². The molecule has 1 atom stereocenters. The van der Waals surface area contributed by atoms with Gasteiger partial charge in [-0.15, -0.1) is 0 Å². The minimum atomic E-state index is 0.502. The second kappa shape index (κ2) is 4.89. The van der Waals surface area contributed by atoms with Gasteiger partial charge in [0.25, 0.3) is 0 Å². The summed E-state index contributed by atoms with van der Waals surface area (Å²) < 4.78 is 2.36. The lowest BCUT2D eigenvalue weighted by Gasteiger charge is -2.18. The van der Waals surface area contributed by atoms with E-state index >= 15 is 0 Å². The van der Waals surface area contributed by atoms with Crippen LogP contribution in [-0.2, 0) is 0 Å². The largest absolute Gasteiger partial charge is 0.353 e. The maximum Gasteiger partial charge on any atom is 0.203 e. The van der Waals surface area contributed by atoms with Crippen LogP contribution in [0.2, 0.25) is 0 Å². The van der Waals surface area contributed by atoms with E-state index in [1.165, 1.54) is 25.7 Å². The fourth-order valence-corrected chi connectivity index (χ4v) is 2.41. The summed E-state index contributed by atoms with van der Waals surface area (Å²) in [5.74, 6) is 1.07. The average Bonchev–Trinajstić information content (AvgIpc) is 2.87. The Balaban J connectivity index is 2.16. The van der Waals surface area contributed by atoms with Crippen LogP contribution in [0.3, 0.4) is 0 Å². The van der Waals surface area contributed by atoms with Crippen molar-refractivity contribution < 1.29 is 0 Å². The Kier molecular flexibility index (Phi) is 3.52. The Morgan fingerprint density at radius 3 is 2.81 bits per heavy atom. The molecule has 1 saturated carbocycles. The molecule has 0 spiro atoms. The molecule has 1 fully saturated rings. The van der Waals surface area contributed by atoms with E-state index in [0.29, 0.717) is 12.1 Å². The molecular weight excluding hydrogens is 198 g/mol. The van der Waals surface area contributed by atoms with Crippen LogP contribution in [0.25, 0.3) is 0 Å². The molecule has 1 N–H and O–H groups in total. The lowest BCUT2D eigenvalue weighted by Crippen LogP contribution is -2.18. The normalized spacial score (nSPS) is 18.9. The topological polar surface area (TPSA) is 29.9 Å². The second-order valence-corrected chi connectivity index (χ2v) is 5.01. The van der Waals surface area contributed by atoms with E-state index < -0.39 is 0 Å². The van der Waals surface area contributed by atoms with Gasteiger partial charge in [0, 0.05) is 18.3 Å². The van der Waals surface area contributed by atoms with E-state index in [2.05, 4.69) is 41.8 Å². The number of nitrogens with zero attached hydrogens (tertiary/aromatic N) is 2. The molecule has 3 nitrogen and oxygen atoms in total. The monoisotopic (exact) mass is 221 g/mol. The summed E-state index contributed by atoms with van der Waals surface area (Å²) in [7, 11) is 0. The van der Waals surface area contributed by atoms with Gasteiger partial charge in [0.15, 0.2) is 0 Å². The molecule has 1 aromatic rings. The molecule has 1 unspecified atom stereocenters. The molecule has 0 aliphatic heterocycles. The van der Waals surface area contributed by atoms with Crippen molar-refractivity contribution in [1.82, 2.24) is 9.55 Å². The van der Waals surface area contributed by atoms with Crippen LogP contribution in [0.1, 0.15) is 57.7 Å². The van der Waals surface area contributed by atoms with Crippen molar-refractivity contribution in [2.24, 2.45) is 0 Å². The summed E-state index contributed by atoms with van der Waals surface area (Å²) in [6.07, 6.45) is 8.68. The van der Waals surface area contributed by atoms with Crippen molar-refractivity contribution in [3.8, 4) is 0 Å². The van der Waals surface area contributed by atoms with Crippen molar-refractivity contribution in [3.63, 3.8) is 0 Å². The van der Waals surface area contributed by atoms with Gasteiger partial charge in [-0.2, -0.15) is 0 Å². The zero-order valence-corrected chi connectivity index (χ0v) is 10.7. The molecule has 16 heavy (non-hydrogen) atoms. The molecule has 90 valence electrons. The third kappa shape index (κ3) is 2.39. The Labute approximate surface area is 98.3 Å². The number of hydrogen-bond acceptors (Lipinski definition) is 2. The average molecular weight is 221 g/mol. The minimum Gasteiger partial charge on any atom is -0.353 e. The number of hydrogen-bond donors (Lipinski definition) is 1. The third-order valence-electron chi connectivity index (χ3n) is 3.56. The number of anilines is 1. The highest BCUT2D eigenvalue weighted by molar-refractivity contribution is 5.31. The van der Waals surface area contributed by atoms with Crippen LogP contribution in [0.5, 0.6) is 0 Å². The van der Waals surface area contributed by atoms with E-state index in [1.807, 2.05) is 0 Å². The maximum absolute atomic E-state index is 4.60. The molecular formula is C13H23N3. The third-order valence-corrected chi connectivity index (χ3v) is 3.56. The van der Waals surface area contributed by atoms with Crippen LogP contribution in [0.4, 0.5) is 5.95 Å². The summed E-state index contributed by atoms with van der Waals surface area (Å²) in [6, 6.07) is 1.18. The van der Waals surface area contributed by atoms with Crippen molar-refractivity contribution in [3.05, 3.63) is 11.9 Å². The number of aromatic nitrogens is 2. The first kappa shape index (κ1) is 11.5. The number of aryl methyl sites for hydroxylation is 1. The van der Waals surface area contributed by atoms with E-state index in [9.17, 15) is 0 Å². The van der Waals surface area contributed by atoms with Gasteiger partial charge in [-0.05, 0) is 33.1 Å². The number of nitrogens with one attached hydrogen (secondary N) is 1. The maximum atomic E-state index is 4.60. The van der Waals surface area contributed by atoms with Crippen LogP contribution in [-0.4, -0.2) is 15.6 Å². The minimum absolute atomic E-state index is 0.502. The van der Waals surface area contributed by atoms with Crippen LogP contribution in [0.15, 0.2) is 6.20 Å². The zero-order valence-electron chi connectivity index (χ0n) is 10.7. The predicted octanol–water partition coefficient (Wildman–Crippen LogP) is 3.52. The van der Waals surface area contributed by atoms with Gasteiger partial charge in [-0.1, -0.05) is 19.8 Å². The van der Waals surface area contributed by atoms with Gasteiger partial charge in [-0.3, -0.25) is 0 Å². The lowest BCUT2D eigenvalue weighted by molar-refractivity contribution is 0.519. The highest BCUT2D eigenvalue weighted by Gasteiger charge is 2.20. The summed E-state index contributed by atoms with van der Waals surface area (Å²) in [6.45, 7) is 6.49. The Morgan fingerprint density at radius 2 is 2.19 bits per heavy atom. The zero-order chi connectivity index (χ0) is 11.5. The standard InChI is InChI=1S/C13H23N3/c1-4-10(2)14-13-15-11(3)9-16(13)12-7-5-6-8-12/h9-10,12H,4-8H2,1-3H3,(H,14,15). The molecule has 0 radical (unpaired) electrons. The summed E-state index contributed by atoms with van der Waals surface area (Å²) >= 11 is 0. The van der Waals surface area contributed by atoms with Crippen molar-refractivity contribution in [2.75, 3.05) is 5.32 Å². The first-order chi connectivity index (χ1) is 7.70. The highest BCUT2D eigenvalue weighted by atomic mass is 15.2. The molecule has 1 aliphatic carbocycles. The number of rotatable bonds is 4. The first-order valence-electron chi connectivity index (χ1n) is 6.52. The first-order valence-corrected chi connectivity index (χ1v) is 6.52. The molecule has 1 heterocycles. The second-order valence-electron chi connectivity index (χ2n) is 5.01. The van der Waals surface area contributed by atoms with Crippen LogP contribution in [0, 0.1) is 6.92 Å². The number of imidazole rings is 1. The predicted molar refractivity (Wildman–Crippen MR) is 67.8 cm³/mol. The highest BCUT2D eigenvalue weighted by Crippen LogP contribution is 2.32. The Hall–Kier alpha value is -0.990. The molecule has 2 rings (SSSR count). The fourth-order valence-electron chi connectivity index (χ4n) is 2.41. The van der Waals surface area contributed by atoms with Crippen LogP contribution >= 0.6 is 0 Å². The van der Waals surface area contributed by atoms with Gasteiger partial charge in [-0.25, -0.2) is 4.98 Å². The van der Waals surface area contributed by atoms with Gasteiger partial charge >= 0.3 is 0 Å². The summed E-state index contributed by atoms with van der Waals surface area (Å²) in [4.78, 5) is 4.60. The quantitative estimate of drug-likeness (QED) is 0.843. The van der Waals surface area contributed by atoms with Gasteiger partial charge < -0.3 is 9.88 Å². The van der Waals surface area contributed by atoms with Crippen molar-refractivity contribution in [2.45, 2.75) is 65.0 Å². The van der Waals surface area contributed by atoms with Gasteiger partial charge in [0.1, 0.15) is 0 Å².